The Kier molecular flexibility index (Phi) is 2.67. The average Bonchev–Trinajstić information content (AvgIpc) is 3.06. The van der Waals surface area contributed by atoms with Crippen molar-refractivity contribution in [1.29, 1.82) is 0 Å². The molecule has 1 aliphatic carbocycles. The lowest BCUT2D eigenvalue weighted by atomic mass is 9.78. The van der Waals surface area contributed by atoms with Crippen molar-refractivity contribution in [2.75, 3.05) is 0 Å². The highest BCUT2D eigenvalue weighted by Gasteiger charge is 2.46. The fourth-order valence-electron chi connectivity index (χ4n) is 2.92. The van der Waals surface area contributed by atoms with E-state index >= 15 is 0 Å². The smallest absolute Gasteiger partial charge is 0.270 e. The van der Waals surface area contributed by atoms with Gasteiger partial charge in [-0.2, -0.15) is 0 Å². The summed E-state index contributed by atoms with van der Waals surface area (Å²) in [6.45, 7) is 1.94. The summed E-state index contributed by atoms with van der Waals surface area (Å²) in [5, 5.41) is 10.8. The zero-order valence-corrected chi connectivity index (χ0v) is 10.9. The van der Waals surface area contributed by atoms with Crippen molar-refractivity contribution < 1.29 is 9.72 Å². The molecule has 6 heteroatoms. The minimum Gasteiger partial charge on any atom is -0.348 e. The molecule has 0 aliphatic heterocycles. The van der Waals surface area contributed by atoms with E-state index in [4.69, 9.17) is 0 Å². The molecular weight excluding hydrogens is 258 g/mol. The maximum Gasteiger partial charge on any atom is 0.270 e. The molecule has 0 radical (unpaired) electrons. The zero-order valence-electron chi connectivity index (χ0n) is 10.9. The standard InChI is InChI=1S/C14H13N3O3/c1-2-14(12-7-15-8-16-12)6-9-3-4-10(17(19)20)5-11(9)13(14)18/h3-5,7-8H,2,6H2,1H3,(H,15,16). The highest BCUT2D eigenvalue weighted by Crippen LogP contribution is 2.42. The van der Waals surface area contributed by atoms with Gasteiger partial charge in [0, 0.05) is 29.6 Å². The van der Waals surface area contributed by atoms with Crippen LogP contribution in [-0.4, -0.2) is 20.7 Å². The van der Waals surface area contributed by atoms with Gasteiger partial charge < -0.3 is 4.98 Å². The minimum atomic E-state index is -0.673. The van der Waals surface area contributed by atoms with Gasteiger partial charge in [0.05, 0.1) is 16.7 Å². The number of aromatic amines is 1. The summed E-state index contributed by atoms with van der Waals surface area (Å²) < 4.78 is 0. The first-order chi connectivity index (χ1) is 9.58. The maximum absolute atomic E-state index is 12.8. The number of non-ortho nitro benzene ring substituents is 1. The fraction of sp³-hybridized carbons (Fsp3) is 0.286. The molecule has 1 N–H and O–H groups in total. The molecule has 0 saturated carbocycles. The molecule has 0 spiro atoms. The summed E-state index contributed by atoms with van der Waals surface area (Å²) in [7, 11) is 0. The molecule has 102 valence electrons. The van der Waals surface area contributed by atoms with E-state index in [2.05, 4.69) is 9.97 Å². The van der Waals surface area contributed by atoms with E-state index in [1.165, 1.54) is 12.1 Å². The van der Waals surface area contributed by atoms with Crippen LogP contribution in [0.3, 0.4) is 0 Å². The number of rotatable bonds is 3. The van der Waals surface area contributed by atoms with Gasteiger partial charge in [-0.15, -0.1) is 0 Å². The number of imidazole rings is 1. The normalized spacial score (nSPS) is 20.9. The van der Waals surface area contributed by atoms with Crippen LogP contribution in [0.15, 0.2) is 30.7 Å². The van der Waals surface area contributed by atoms with Crippen molar-refractivity contribution in [3.63, 3.8) is 0 Å². The highest BCUT2D eigenvalue weighted by atomic mass is 16.6. The van der Waals surface area contributed by atoms with Crippen LogP contribution in [0.4, 0.5) is 5.69 Å². The second kappa shape index (κ2) is 4.26. The highest BCUT2D eigenvalue weighted by molar-refractivity contribution is 6.08. The number of benzene rings is 1. The van der Waals surface area contributed by atoms with Crippen molar-refractivity contribution in [3.8, 4) is 0 Å². The summed E-state index contributed by atoms with van der Waals surface area (Å²) in [6, 6.07) is 4.51. The van der Waals surface area contributed by atoms with Gasteiger partial charge >= 0.3 is 0 Å². The molecule has 20 heavy (non-hydrogen) atoms. The summed E-state index contributed by atoms with van der Waals surface area (Å²) in [5.41, 5.74) is 1.36. The van der Waals surface area contributed by atoms with Gasteiger partial charge in [0.2, 0.25) is 0 Å². The van der Waals surface area contributed by atoms with Crippen molar-refractivity contribution >= 4 is 11.5 Å². The van der Waals surface area contributed by atoms with E-state index in [-0.39, 0.29) is 11.5 Å². The third-order valence-corrected chi connectivity index (χ3v) is 4.09. The number of H-pyrrole nitrogens is 1. The molecule has 6 nitrogen and oxygen atoms in total. The lowest BCUT2D eigenvalue weighted by molar-refractivity contribution is -0.384. The Morgan fingerprint density at radius 1 is 1.50 bits per heavy atom. The van der Waals surface area contributed by atoms with E-state index in [0.29, 0.717) is 18.4 Å². The summed E-state index contributed by atoms with van der Waals surface area (Å²) in [5.74, 6) is -0.0667. The van der Waals surface area contributed by atoms with E-state index < -0.39 is 10.3 Å². The van der Waals surface area contributed by atoms with Gasteiger partial charge in [0.25, 0.3) is 5.69 Å². The number of nitrogens with one attached hydrogen (secondary N) is 1. The number of nitro groups is 1. The summed E-state index contributed by atoms with van der Waals surface area (Å²) in [6.07, 6.45) is 4.38. The molecule has 1 heterocycles. The van der Waals surface area contributed by atoms with Gasteiger partial charge in [-0.1, -0.05) is 13.0 Å². The molecule has 1 unspecified atom stereocenters. The molecule has 3 rings (SSSR count). The van der Waals surface area contributed by atoms with Gasteiger partial charge in [-0.3, -0.25) is 14.9 Å². The van der Waals surface area contributed by atoms with Crippen LogP contribution < -0.4 is 0 Å². The first-order valence-corrected chi connectivity index (χ1v) is 6.39. The van der Waals surface area contributed by atoms with Gasteiger partial charge in [0.1, 0.15) is 0 Å². The predicted octanol–water partition coefficient (Wildman–Crippen LogP) is 2.40. The van der Waals surface area contributed by atoms with Crippen molar-refractivity contribution in [2.45, 2.75) is 25.2 Å². The van der Waals surface area contributed by atoms with Crippen LogP contribution in [0, 0.1) is 10.1 Å². The Hall–Kier alpha value is -2.50. The topological polar surface area (TPSA) is 88.9 Å². The second-order valence-electron chi connectivity index (χ2n) is 5.01. The van der Waals surface area contributed by atoms with Crippen molar-refractivity contribution in [2.24, 2.45) is 0 Å². The molecule has 1 aromatic carbocycles. The van der Waals surface area contributed by atoms with E-state index in [1.807, 2.05) is 6.92 Å². The molecule has 0 amide bonds. The number of hydrogen-bond acceptors (Lipinski definition) is 4. The molecule has 1 aromatic heterocycles. The van der Waals surface area contributed by atoms with Crippen LogP contribution in [0.25, 0.3) is 0 Å². The first kappa shape index (κ1) is 12.5. The molecule has 1 atom stereocenters. The van der Waals surface area contributed by atoms with Crippen LogP contribution in [0.5, 0.6) is 0 Å². The number of carbonyl (C=O) groups is 1. The molecule has 2 aromatic rings. The Morgan fingerprint density at radius 3 is 2.90 bits per heavy atom. The van der Waals surface area contributed by atoms with Crippen LogP contribution >= 0.6 is 0 Å². The third kappa shape index (κ3) is 1.57. The first-order valence-electron chi connectivity index (χ1n) is 6.39. The monoisotopic (exact) mass is 271 g/mol. The Morgan fingerprint density at radius 2 is 2.30 bits per heavy atom. The number of nitro benzene ring substituents is 1. The van der Waals surface area contributed by atoms with E-state index in [0.717, 1.165) is 11.3 Å². The summed E-state index contributed by atoms with van der Waals surface area (Å²) in [4.78, 5) is 30.1. The molecule has 0 saturated heterocycles. The number of hydrogen-bond donors (Lipinski definition) is 1. The number of carbonyl (C=O) groups excluding carboxylic acids is 1. The molecular formula is C14H13N3O3. The van der Waals surface area contributed by atoms with Gasteiger partial charge in [0.15, 0.2) is 5.78 Å². The molecule has 1 aliphatic rings. The average molecular weight is 271 g/mol. The van der Waals surface area contributed by atoms with Crippen LogP contribution in [0.1, 0.15) is 35.0 Å². The Bertz CT molecular complexity index is 694. The van der Waals surface area contributed by atoms with E-state index in [9.17, 15) is 14.9 Å². The maximum atomic E-state index is 12.8. The molecule has 0 bridgehead atoms. The fourth-order valence-corrected chi connectivity index (χ4v) is 2.92. The number of aromatic nitrogens is 2. The Labute approximate surface area is 115 Å². The number of ketones is 1. The second-order valence-corrected chi connectivity index (χ2v) is 5.01. The number of nitrogens with zero attached hydrogens (tertiary/aromatic N) is 2. The van der Waals surface area contributed by atoms with E-state index in [1.54, 1.807) is 18.6 Å². The zero-order chi connectivity index (χ0) is 14.3. The van der Waals surface area contributed by atoms with Crippen molar-refractivity contribution in [3.05, 3.63) is 57.7 Å². The summed E-state index contributed by atoms with van der Waals surface area (Å²) >= 11 is 0. The third-order valence-electron chi connectivity index (χ3n) is 4.09. The van der Waals surface area contributed by atoms with Crippen LogP contribution in [-0.2, 0) is 11.8 Å². The SMILES string of the molecule is CCC1(c2cnc[nH]2)Cc2ccc([N+](=O)[O-])cc2C1=O. The lowest BCUT2D eigenvalue weighted by Crippen LogP contribution is -2.32. The largest absolute Gasteiger partial charge is 0.348 e. The van der Waals surface area contributed by atoms with Gasteiger partial charge in [-0.05, 0) is 18.4 Å². The van der Waals surface area contributed by atoms with Gasteiger partial charge in [-0.25, -0.2) is 4.98 Å². The predicted molar refractivity (Wildman–Crippen MR) is 71.7 cm³/mol. The Balaban J connectivity index is 2.12. The number of fused-ring (bicyclic) bond motifs is 1. The lowest BCUT2D eigenvalue weighted by Gasteiger charge is -2.23. The quantitative estimate of drug-likeness (QED) is 0.685. The number of Topliss-reactive ketones (excluding diaryl/α,β-unsaturated/α-hetero) is 1. The minimum absolute atomic E-state index is 0.0476. The van der Waals surface area contributed by atoms with Crippen molar-refractivity contribution in [1.82, 2.24) is 9.97 Å². The van der Waals surface area contributed by atoms with Crippen LogP contribution in [0.2, 0.25) is 0 Å². The molecule has 0 fully saturated rings.